The van der Waals surface area contributed by atoms with Crippen molar-refractivity contribution in [3.8, 4) is 5.69 Å². The van der Waals surface area contributed by atoms with Crippen molar-refractivity contribution >= 4 is 22.8 Å². The maximum absolute atomic E-state index is 12.9. The van der Waals surface area contributed by atoms with E-state index in [-0.39, 0.29) is 5.56 Å². The molecule has 0 spiro atoms. The van der Waals surface area contributed by atoms with Gasteiger partial charge in [-0.25, -0.2) is 9.67 Å². The Labute approximate surface area is 151 Å². The van der Waals surface area contributed by atoms with Crippen molar-refractivity contribution in [2.45, 2.75) is 6.92 Å². The van der Waals surface area contributed by atoms with Crippen LogP contribution in [0.15, 0.2) is 70.6 Å². The highest BCUT2D eigenvalue weighted by molar-refractivity contribution is 6.00. The predicted molar refractivity (Wildman–Crippen MR) is 106 cm³/mol. The fraction of sp³-hybridized carbons (Fsp3) is 0.143. The van der Waals surface area contributed by atoms with E-state index in [2.05, 4.69) is 21.7 Å². The van der Waals surface area contributed by atoms with Crippen molar-refractivity contribution in [1.29, 1.82) is 0 Å². The molecule has 4 rings (SSSR count). The molecule has 130 valence electrons. The zero-order chi connectivity index (χ0) is 18.3. The maximum atomic E-state index is 12.9. The molecule has 5 nitrogen and oxygen atoms in total. The zero-order valence-electron chi connectivity index (χ0n) is 15.0. The van der Waals surface area contributed by atoms with E-state index in [0.717, 1.165) is 27.8 Å². The summed E-state index contributed by atoms with van der Waals surface area (Å²) in [7, 11) is 3.89. The van der Waals surface area contributed by atoms with Crippen LogP contribution in [0.2, 0.25) is 0 Å². The highest BCUT2D eigenvalue weighted by Crippen LogP contribution is 2.21. The lowest BCUT2D eigenvalue weighted by atomic mass is 10.2. The summed E-state index contributed by atoms with van der Waals surface area (Å²) in [5.41, 5.74) is 4.14. The third-order valence-corrected chi connectivity index (χ3v) is 4.78. The normalized spacial score (nSPS) is 11.7. The third-order valence-electron chi connectivity index (χ3n) is 4.78. The molecule has 5 heteroatoms. The van der Waals surface area contributed by atoms with Gasteiger partial charge in [0.25, 0.3) is 5.56 Å². The van der Waals surface area contributed by atoms with Crippen molar-refractivity contribution in [3.05, 3.63) is 82.4 Å². The molecule has 0 unspecified atom stereocenters. The van der Waals surface area contributed by atoms with Gasteiger partial charge in [-0.05, 0) is 25.1 Å². The van der Waals surface area contributed by atoms with Crippen LogP contribution in [0.1, 0.15) is 11.3 Å². The topological polar surface area (TPSA) is 44.2 Å². The minimum atomic E-state index is -0.118. The van der Waals surface area contributed by atoms with Crippen LogP contribution in [-0.4, -0.2) is 20.1 Å². The van der Waals surface area contributed by atoms with E-state index in [0.29, 0.717) is 5.69 Å². The molecule has 2 heterocycles. The maximum Gasteiger partial charge on any atom is 0.297 e. The van der Waals surface area contributed by atoms with Gasteiger partial charge < -0.3 is 4.57 Å². The van der Waals surface area contributed by atoms with Gasteiger partial charge in [0, 0.05) is 43.0 Å². The summed E-state index contributed by atoms with van der Waals surface area (Å²) in [6.07, 6.45) is 3.81. The average molecular weight is 344 g/mol. The molecule has 26 heavy (non-hydrogen) atoms. The van der Waals surface area contributed by atoms with Gasteiger partial charge in [0.05, 0.1) is 11.4 Å². The van der Waals surface area contributed by atoms with Crippen LogP contribution in [0.25, 0.3) is 16.6 Å². The lowest BCUT2D eigenvalue weighted by molar-refractivity contribution is 0.630. The second kappa shape index (κ2) is 6.19. The number of benzene rings is 2. The van der Waals surface area contributed by atoms with Gasteiger partial charge >= 0.3 is 0 Å². The summed E-state index contributed by atoms with van der Waals surface area (Å²) in [5.74, 6) is 0. The molecule has 2 aromatic heterocycles. The van der Waals surface area contributed by atoms with Crippen LogP contribution < -0.4 is 5.56 Å². The second-order valence-electron chi connectivity index (χ2n) is 6.38. The number of fused-ring (bicyclic) bond motifs is 1. The Bertz CT molecular complexity index is 1180. The molecule has 4 aromatic rings. The van der Waals surface area contributed by atoms with E-state index in [1.54, 1.807) is 10.9 Å². The van der Waals surface area contributed by atoms with E-state index in [1.807, 2.05) is 74.4 Å². The zero-order valence-corrected chi connectivity index (χ0v) is 15.0. The van der Waals surface area contributed by atoms with Crippen molar-refractivity contribution in [1.82, 2.24) is 13.9 Å². The van der Waals surface area contributed by atoms with Crippen LogP contribution in [0.3, 0.4) is 0 Å². The molecule has 0 saturated heterocycles. The van der Waals surface area contributed by atoms with Crippen LogP contribution in [0.4, 0.5) is 5.69 Å². The monoisotopic (exact) mass is 344 g/mol. The Morgan fingerprint density at radius 1 is 0.962 bits per heavy atom. The van der Waals surface area contributed by atoms with Crippen LogP contribution >= 0.6 is 0 Å². The number of rotatable bonds is 3. The van der Waals surface area contributed by atoms with E-state index in [1.165, 1.54) is 0 Å². The molecule has 0 N–H and O–H groups in total. The van der Waals surface area contributed by atoms with Gasteiger partial charge in [-0.3, -0.25) is 9.48 Å². The summed E-state index contributed by atoms with van der Waals surface area (Å²) in [5, 5.41) is 1.12. The van der Waals surface area contributed by atoms with Gasteiger partial charge in [-0.2, -0.15) is 0 Å². The van der Waals surface area contributed by atoms with Gasteiger partial charge in [0.15, 0.2) is 5.69 Å². The summed E-state index contributed by atoms with van der Waals surface area (Å²) in [6.45, 7) is 1.91. The Balaban J connectivity index is 1.82. The van der Waals surface area contributed by atoms with Gasteiger partial charge in [-0.1, -0.05) is 36.4 Å². The van der Waals surface area contributed by atoms with E-state index in [9.17, 15) is 4.79 Å². The van der Waals surface area contributed by atoms with Gasteiger partial charge in [0.1, 0.15) is 0 Å². The standard InChI is InChI=1S/C21H20N4O/c1-15-20(21(26)25(24(15)3)17-9-5-4-6-10-17)22-13-16-14-23(2)19-12-8-7-11-18(16)19/h4-14H,1-3H3. The van der Waals surface area contributed by atoms with Crippen LogP contribution in [-0.2, 0) is 14.1 Å². The molecule has 0 aliphatic carbocycles. The second-order valence-corrected chi connectivity index (χ2v) is 6.38. The SMILES string of the molecule is Cc1c(N=Cc2cn(C)c3ccccc23)c(=O)n(-c2ccccc2)n1C. The van der Waals surface area contributed by atoms with E-state index < -0.39 is 0 Å². The van der Waals surface area contributed by atoms with Crippen LogP contribution in [0.5, 0.6) is 0 Å². The number of nitrogens with zero attached hydrogens (tertiary/aromatic N) is 4. The van der Waals surface area contributed by atoms with Crippen molar-refractivity contribution in [2.24, 2.45) is 19.1 Å². The lowest BCUT2D eigenvalue weighted by Crippen LogP contribution is -2.19. The molecule has 0 atom stereocenters. The molecular formula is C21H20N4O. The smallest absolute Gasteiger partial charge is 0.297 e. The Kier molecular flexibility index (Phi) is 3.84. The van der Waals surface area contributed by atoms with Crippen LogP contribution in [0, 0.1) is 6.92 Å². The highest BCUT2D eigenvalue weighted by atomic mass is 16.1. The summed E-state index contributed by atoms with van der Waals surface area (Å²) >= 11 is 0. The minimum absolute atomic E-state index is 0.118. The Morgan fingerprint density at radius 2 is 1.65 bits per heavy atom. The predicted octanol–water partition coefficient (Wildman–Crippen LogP) is 3.73. The largest absolute Gasteiger partial charge is 0.350 e. The van der Waals surface area contributed by atoms with E-state index in [4.69, 9.17) is 0 Å². The molecule has 0 bridgehead atoms. The Morgan fingerprint density at radius 3 is 2.42 bits per heavy atom. The molecular weight excluding hydrogens is 324 g/mol. The lowest BCUT2D eigenvalue weighted by Gasteiger charge is -2.07. The first-order valence-corrected chi connectivity index (χ1v) is 8.50. The summed E-state index contributed by atoms with van der Waals surface area (Å²) < 4.78 is 5.55. The van der Waals surface area contributed by atoms with Crippen molar-refractivity contribution < 1.29 is 0 Å². The summed E-state index contributed by atoms with van der Waals surface area (Å²) in [6, 6.07) is 17.8. The van der Waals surface area contributed by atoms with Gasteiger partial charge in [0.2, 0.25) is 0 Å². The number of para-hydroxylation sites is 2. The molecule has 0 radical (unpaired) electrons. The van der Waals surface area contributed by atoms with Crippen molar-refractivity contribution in [2.75, 3.05) is 0 Å². The van der Waals surface area contributed by atoms with E-state index >= 15 is 0 Å². The number of aryl methyl sites for hydroxylation is 1. The fourth-order valence-corrected chi connectivity index (χ4v) is 3.31. The molecule has 0 aliphatic heterocycles. The molecule has 0 fully saturated rings. The molecule has 0 aliphatic rings. The number of aromatic nitrogens is 3. The quantitative estimate of drug-likeness (QED) is 0.522. The molecule has 0 amide bonds. The fourth-order valence-electron chi connectivity index (χ4n) is 3.31. The molecule has 0 saturated carbocycles. The number of hydrogen-bond donors (Lipinski definition) is 0. The first-order chi connectivity index (χ1) is 12.6. The minimum Gasteiger partial charge on any atom is -0.350 e. The van der Waals surface area contributed by atoms with Crippen molar-refractivity contribution in [3.63, 3.8) is 0 Å². The third kappa shape index (κ3) is 2.49. The first-order valence-electron chi connectivity index (χ1n) is 8.50. The summed E-state index contributed by atoms with van der Waals surface area (Å²) in [4.78, 5) is 17.5. The highest BCUT2D eigenvalue weighted by Gasteiger charge is 2.15. The molecule has 2 aromatic carbocycles. The average Bonchev–Trinajstić information content (AvgIpc) is 3.09. The first kappa shape index (κ1) is 16.1. The number of aliphatic imine (C=N–C) groups is 1. The Hall–Kier alpha value is -3.34. The number of hydrogen-bond acceptors (Lipinski definition) is 2. The van der Waals surface area contributed by atoms with Gasteiger partial charge in [-0.15, -0.1) is 0 Å².